The van der Waals surface area contributed by atoms with E-state index >= 15 is 0 Å². The fourth-order valence-corrected chi connectivity index (χ4v) is 4.38. The number of aromatic carboxylic acids is 1. The molecule has 146 valence electrons. The van der Waals surface area contributed by atoms with Gasteiger partial charge in [-0.2, -0.15) is 0 Å². The van der Waals surface area contributed by atoms with Crippen LogP contribution in [0.2, 0.25) is 0 Å². The molecule has 4 N–H and O–H groups in total. The van der Waals surface area contributed by atoms with Crippen molar-refractivity contribution in [3.05, 3.63) is 50.9 Å². The third kappa shape index (κ3) is 2.54. The number of hydrogen-bond donors (Lipinski definition) is 4. The molecule has 0 saturated heterocycles. The molecule has 1 aliphatic carbocycles. The van der Waals surface area contributed by atoms with Gasteiger partial charge in [-0.25, -0.2) is 4.79 Å². The van der Waals surface area contributed by atoms with E-state index < -0.39 is 22.8 Å². The van der Waals surface area contributed by atoms with Crippen molar-refractivity contribution >= 4 is 16.9 Å². The van der Waals surface area contributed by atoms with Crippen molar-refractivity contribution in [2.45, 2.75) is 32.2 Å². The zero-order valence-electron chi connectivity index (χ0n) is 16.1. The molecule has 0 saturated carbocycles. The molecule has 7 heteroatoms. The highest BCUT2D eigenvalue weighted by atomic mass is 16.4. The van der Waals surface area contributed by atoms with E-state index in [1.807, 2.05) is 33.2 Å². The van der Waals surface area contributed by atoms with E-state index in [-0.39, 0.29) is 5.92 Å². The SMILES string of the molecule is CNCc1cc2c3c(ccc2n1C)-c1[nH]c(=O)c(C(=O)O)c(O)c1C(C)CC3. The van der Waals surface area contributed by atoms with Crippen LogP contribution in [0.4, 0.5) is 0 Å². The van der Waals surface area contributed by atoms with Gasteiger partial charge < -0.3 is 25.1 Å². The van der Waals surface area contributed by atoms with Gasteiger partial charge >= 0.3 is 5.97 Å². The lowest BCUT2D eigenvalue weighted by Gasteiger charge is -2.16. The number of aryl methyl sites for hydroxylation is 2. The molecular weight excluding hydrogens is 358 g/mol. The number of pyridine rings is 1. The zero-order valence-corrected chi connectivity index (χ0v) is 16.1. The molecule has 1 unspecified atom stereocenters. The molecule has 1 aliphatic rings. The van der Waals surface area contributed by atoms with Crippen molar-refractivity contribution in [1.82, 2.24) is 14.9 Å². The van der Waals surface area contributed by atoms with E-state index in [4.69, 9.17) is 0 Å². The Bertz CT molecular complexity index is 1170. The molecule has 2 heterocycles. The average Bonchev–Trinajstić information content (AvgIpc) is 2.86. The molecule has 1 atom stereocenters. The minimum absolute atomic E-state index is 0.0899. The number of rotatable bonds is 3. The second kappa shape index (κ2) is 6.53. The summed E-state index contributed by atoms with van der Waals surface area (Å²) in [6.07, 6.45) is 1.52. The predicted molar refractivity (Wildman–Crippen MR) is 107 cm³/mol. The first-order valence-corrected chi connectivity index (χ1v) is 9.32. The Hall–Kier alpha value is -3.06. The summed E-state index contributed by atoms with van der Waals surface area (Å²) < 4.78 is 2.15. The number of carboxylic acid groups (broad SMARTS) is 1. The fourth-order valence-electron chi connectivity index (χ4n) is 4.38. The van der Waals surface area contributed by atoms with Crippen molar-refractivity contribution < 1.29 is 15.0 Å². The molecule has 0 aliphatic heterocycles. The molecule has 4 rings (SSSR count). The highest BCUT2D eigenvalue weighted by Gasteiger charge is 2.29. The molecule has 2 aromatic heterocycles. The van der Waals surface area contributed by atoms with Gasteiger partial charge in [0.1, 0.15) is 5.75 Å². The largest absolute Gasteiger partial charge is 0.506 e. The zero-order chi connectivity index (χ0) is 20.2. The van der Waals surface area contributed by atoms with Crippen LogP contribution >= 0.6 is 0 Å². The third-order valence-electron chi connectivity index (χ3n) is 5.83. The minimum atomic E-state index is -1.42. The summed E-state index contributed by atoms with van der Waals surface area (Å²) in [6.45, 7) is 2.69. The van der Waals surface area contributed by atoms with Crippen LogP contribution in [-0.2, 0) is 20.0 Å². The van der Waals surface area contributed by atoms with E-state index in [0.717, 1.165) is 47.1 Å². The van der Waals surface area contributed by atoms with Crippen molar-refractivity contribution in [3.8, 4) is 17.0 Å². The molecular formula is C21H23N3O4. The summed E-state index contributed by atoms with van der Waals surface area (Å²) in [5.74, 6) is -1.93. The Kier molecular flexibility index (Phi) is 4.27. The van der Waals surface area contributed by atoms with E-state index in [1.165, 1.54) is 0 Å². The third-order valence-corrected chi connectivity index (χ3v) is 5.83. The molecule has 0 fully saturated rings. The van der Waals surface area contributed by atoms with Gasteiger partial charge in [-0.3, -0.25) is 4.79 Å². The summed E-state index contributed by atoms with van der Waals surface area (Å²) in [7, 11) is 3.94. The average molecular weight is 381 g/mol. The summed E-state index contributed by atoms with van der Waals surface area (Å²) in [5, 5.41) is 24.3. The van der Waals surface area contributed by atoms with Crippen LogP contribution in [0.25, 0.3) is 22.2 Å². The van der Waals surface area contributed by atoms with Crippen LogP contribution in [0.5, 0.6) is 5.75 Å². The topological polar surface area (TPSA) is 107 Å². The fraction of sp³-hybridized carbons (Fsp3) is 0.333. The Morgan fingerprint density at radius 1 is 1.39 bits per heavy atom. The Morgan fingerprint density at radius 2 is 2.14 bits per heavy atom. The predicted octanol–water partition coefficient (Wildman–Crippen LogP) is 2.71. The number of nitrogens with one attached hydrogen (secondary N) is 2. The first-order valence-electron chi connectivity index (χ1n) is 9.32. The maximum absolute atomic E-state index is 12.4. The highest BCUT2D eigenvalue weighted by molar-refractivity contribution is 5.95. The standard InChI is InChI=1S/C21H23N3O4/c1-10-4-5-12-13(6-7-15-14(12)8-11(9-22-2)24(15)3)18-16(10)19(25)17(21(27)28)20(26)23-18/h6-8,10,22H,4-5,9H2,1-3H3,(H,27,28)(H2,23,25,26). The number of nitrogens with zero attached hydrogens (tertiary/aromatic N) is 1. The van der Waals surface area contributed by atoms with Gasteiger partial charge in [0.25, 0.3) is 5.56 Å². The van der Waals surface area contributed by atoms with Crippen molar-refractivity contribution in [2.24, 2.45) is 7.05 Å². The summed E-state index contributed by atoms with van der Waals surface area (Å²) in [6, 6.07) is 6.12. The van der Waals surface area contributed by atoms with Crippen molar-refractivity contribution in [2.75, 3.05) is 7.05 Å². The number of H-pyrrole nitrogens is 1. The van der Waals surface area contributed by atoms with Crippen LogP contribution in [0.1, 0.15) is 46.4 Å². The van der Waals surface area contributed by atoms with Gasteiger partial charge in [-0.15, -0.1) is 0 Å². The lowest BCUT2D eigenvalue weighted by molar-refractivity contribution is 0.0691. The molecule has 1 aromatic carbocycles. The number of aromatic amines is 1. The number of hydrogen-bond acceptors (Lipinski definition) is 4. The highest BCUT2D eigenvalue weighted by Crippen LogP contribution is 2.43. The van der Waals surface area contributed by atoms with Gasteiger partial charge in [-0.05, 0) is 43.5 Å². The number of fused-ring (bicyclic) bond motifs is 5. The summed E-state index contributed by atoms with van der Waals surface area (Å²) in [5.41, 5.74) is 3.86. The number of carbonyl (C=O) groups is 1. The molecule has 0 radical (unpaired) electrons. The lowest BCUT2D eigenvalue weighted by atomic mass is 9.93. The normalized spacial score (nSPS) is 15.9. The van der Waals surface area contributed by atoms with E-state index in [0.29, 0.717) is 11.3 Å². The molecule has 0 bridgehead atoms. The van der Waals surface area contributed by atoms with Crippen LogP contribution in [0.3, 0.4) is 0 Å². The van der Waals surface area contributed by atoms with Gasteiger partial charge in [0, 0.05) is 41.3 Å². The van der Waals surface area contributed by atoms with Gasteiger partial charge in [0.2, 0.25) is 0 Å². The maximum Gasteiger partial charge on any atom is 0.345 e. The molecule has 0 amide bonds. The van der Waals surface area contributed by atoms with E-state index in [2.05, 4.69) is 20.9 Å². The molecule has 0 spiro atoms. The number of carboxylic acids is 1. The van der Waals surface area contributed by atoms with Crippen LogP contribution in [0.15, 0.2) is 23.0 Å². The van der Waals surface area contributed by atoms with Crippen LogP contribution < -0.4 is 10.9 Å². The maximum atomic E-state index is 12.4. The number of aromatic hydroxyl groups is 1. The van der Waals surface area contributed by atoms with Crippen LogP contribution in [0, 0.1) is 0 Å². The van der Waals surface area contributed by atoms with Gasteiger partial charge in [0.05, 0.1) is 5.69 Å². The molecule has 3 aromatic rings. The minimum Gasteiger partial charge on any atom is -0.506 e. The number of aromatic nitrogens is 2. The monoisotopic (exact) mass is 381 g/mol. The number of benzene rings is 1. The first kappa shape index (κ1) is 18.3. The Balaban J connectivity index is 2.05. The lowest BCUT2D eigenvalue weighted by Crippen LogP contribution is -2.20. The molecule has 28 heavy (non-hydrogen) atoms. The van der Waals surface area contributed by atoms with E-state index in [1.54, 1.807) is 0 Å². The Labute approximate surface area is 161 Å². The van der Waals surface area contributed by atoms with Crippen molar-refractivity contribution in [1.29, 1.82) is 0 Å². The quantitative estimate of drug-likeness (QED) is 0.558. The second-order valence-electron chi connectivity index (χ2n) is 7.46. The second-order valence-corrected chi connectivity index (χ2v) is 7.46. The smallest absolute Gasteiger partial charge is 0.345 e. The van der Waals surface area contributed by atoms with Crippen molar-refractivity contribution in [3.63, 3.8) is 0 Å². The first-order chi connectivity index (χ1) is 13.3. The van der Waals surface area contributed by atoms with Gasteiger partial charge in [-0.1, -0.05) is 13.0 Å². The van der Waals surface area contributed by atoms with E-state index in [9.17, 15) is 19.8 Å². The molecule has 7 nitrogen and oxygen atoms in total. The summed E-state index contributed by atoms with van der Waals surface area (Å²) >= 11 is 0. The van der Waals surface area contributed by atoms with Gasteiger partial charge in [0.15, 0.2) is 5.56 Å². The summed E-state index contributed by atoms with van der Waals surface area (Å²) in [4.78, 5) is 26.6. The Morgan fingerprint density at radius 3 is 2.82 bits per heavy atom. The van der Waals surface area contributed by atoms with Crippen LogP contribution in [-0.4, -0.2) is 32.8 Å².